The van der Waals surface area contributed by atoms with Gasteiger partial charge < -0.3 is 9.88 Å². The van der Waals surface area contributed by atoms with Crippen LogP contribution in [0.3, 0.4) is 0 Å². The first-order valence-electron chi connectivity index (χ1n) is 8.74. The number of benzene rings is 1. The average molecular weight is 410 g/mol. The van der Waals surface area contributed by atoms with Gasteiger partial charge in [-0.2, -0.15) is 0 Å². The van der Waals surface area contributed by atoms with Crippen LogP contribution < -0.4 is 5.32 Å². The second-order valence-electron chi connectivity index (χ2n) is 6.45. The standard InChI is InChI=1S/C17H20ClN5O3S/c1-11-20-21-17(22(11)13-5-3-2-4-6-13)27-10-16(24)19-14-9-12(18)7-8-15(14)23(25)26/h7-9,13H,2-6,10H2,1H3,(H,19,24). The first-order chi connectivity index (χ1) is 13.0. The Balaban J connectivity index is 1.67. The van der Waals surface area contributed by atoms with Crippen molar-refractivity contribution in [2.75, 3.05) is 11.1 Å². The smallest absolute Gasteiger partial charge is 0.292 e. The number of nitro benzene ring substituents is 1. The van der Waals surface area contributed by atoms with Crippen molar-refractivity contribution in [2.24, 2.45) is 0 Å². The van der Waals surface area contributed by atoms with Gasteiger partial charge in [0, 0.05) is 17.1 Å². The maximum absolute atomic E-state index is 12.3. The lowest BCUT2D eigenvalue weighted by molar-refractivity contribution is -0.383. The molecular formula is C17H20ClN5O3S. The number of carbonyl (C=O) groups is 1. The Morgan fingerprint density at radius 3 is 2.81 bits per heavy atom. The zero-order chi connectivity index (χ0) is 19.4. The molecule has 0 radical (unpaired) electrons. The van der Waals surface area contributed by atoms with Gasteiger partial charge in [0.05, 0.1) is 10.7 Å². The first kappa shape index (κ1) is 19.6. The second-order valence-corrected chi connectivity index (χ2v) is 7.83. The van der Waals surface area contributed by atoms with Crippen LogP contribution in [0.5, 0.6) is 0 Å². The summed E-state index contributed by atoms with van der Waals surface area (Å²) in [6.07, 6.45) is 5.80. The minimum atomic E-state index is -0.553. The van der Waals surface area contributed by atoms with Crippen LogP contribution in [0.4, 0.5) is 11.4 Å². The van der Waals surface area contributed by atoms with Gasteiger partial charge in [-0.15, -0.1) is 10.2 Å². The summed E-state index contributed by atoms with van der Waals surface area (Å²) in [5, 5.41) is 23.0. The van der Waals surface area contributed by atoms with Gasteiger partial charge >= 0.3 is 0 Å². The van der Waals surface area contributed by atoms with Gasteiger partial charge in [0.25, 0.3) is 5.69 Å². The number of nitrogens with zero attached hydrogens (tertiary/aromatic N) is 4. The molecule has 0 bridgehead atoms. The van der Waals surface area contributed by atoms with Crippen molar-refractivity contribution < 1.29 is 9.72 Å². The van der Waals surface area contributed by atoms with E-state index in [1.54, 1.807) is 0 Å². The maximum atomic E-state index is 12.3. The zero-order valence-corrected chi connectivity index (χ0v) is 16.4. The van der Waals surface area contributed by atoms with Gasteiger partial charge in [-0.25, -0.2) is 0 Å². The van der Waals surface area contributed by atoms with Crippen molar-refractivity contribution >= 4 is 40.6 Å². The van der Waals surface area contributed by atoms with Crippen molar-refractivity contribution in [3.05, 3.63) is 39.2 Å². The summed E-state index contributed by atoms with van der Waals surface area (Å²) in [5.41, 5.74) is -0.109. The van der Waals surface area contributed by atoms with E-state index in [0.29, 0.717) is 16.2 Å². The minimum absolute atomic E-state index is 0.0779. The summed E-state index contributed by atoms with van der Waals surface area (Å²) in [6, 6.07) is 4.43. The topological polar surface area (TPSA) is 103 Å². The van der Waals surface area contributed by atoms with E-state index in [4.69, 9.17) is 11.6 Å². The molecule has 144 valence electrons. The van der Waals surface area contributed by atoms with Gasteiger partial charge in [-0.1, -0.05) is 42.6 Å². The lowest BCUT2D eigenvalue weighted by atomic mass is 9.95. The molecule has 0 spiro atoms. The van der Waals surface area contributed by atoms with Crippen LogP contribution in [0.25, 0.3) is 0 Å². The van der Waals surface area contributed by atoms with E-state index in [0.717, 1.165) is 18.7 Å². The van der Waals surface area contributed by atoms with E-state index in [1.807, 2.05) is 6.92 Å². The third-order valence-corrected chi connectivity index (χ3v) is 5.71. The lowest BCUT2D eigenvalue weighted by Crippen LogP contribution is -2.18. The fourth-order valence-corrected chi connectivity index (χ4v) is 4.32. The molecule has 1 saturated carbocycles. The van der Waals surface area contributed by atoms with E-state index >= 15 is 0 Å². The summed E-state index contributed by atoms with van der Waals surface area (Å²) in [4.78, 5) is 22.9. The largest absolute Gasteiger partial charge is 0.320 e. The van der Waals surface area contributed by atoms with Crippen LogP contribution in [0.2, 0.25) is 5.02 Å². The summed E-state index contributed by atoms with van der Waals surface area (Å²) in [5.74, 6) is 0.561. The Bertz CT molecular complexity index is 851. The van der Waals surface area contributed by atoms with Gasteiger partial charge in [0.2, 0.25) is 5.91 Å². The molecule has 1 aromatic heterocycles. The molecule has 10 heteroatoms. The Morgan fingerprint density at radius 1 is 1.37 bits per heavy atom. The zero-order valence-electron chi connectivity index (χ0n) is 14.9. The molecule has 0 unspecified atom stereocenters. The first-order valence-corrected chi connectivity index (χ1v) is 10.1. The third-order valence-electron chi connectivity index (χ3n) is 4.54. The molecule has 0 atom stereocenters. The normalized spacial score (nSPS) is 14.9. The molecule has 2 aromatic rings. The predicted octanol–water partition coefficient (Wildman–Crippen LogP) is 4.38. The van der Waals surface area contributed by atoms with Crippen molar-refractivity contribution in [1.82, 2.24) is 14.8 Å². The summed E-state index contributed by atoms with van der Waals surface area (Å²) < 4.78 is 2.11. The van der Waals surface area contributed by atoms with E-state index < -0.39 is 4.92 Å². The number of aryl methyl sites for hydroxylation is 1. The summed E-state index contributed by atoms with van der Waals surface area (Å²) >= 11 is 7.17. The van der Waals surface area contributed by atoms with Crippen molar-refractivity contribution in [1.29, 1.82) is 0 Å². The minimum Gasteiger partial charge on any atom is -0.320 e. The van der Waals surface area contributed by atoms with Gasteiger partial charge in [0.15, 0.2) is 5.16 Å². The van der Waals surface area contributed by atoms with Crippen molar-refractivity contribution in [2.45, 2.75) is 50.2 Å². The molecule has 0 saturated heterocycles. The van der Waals surface area contributed by atoms with Crippen LogP contribution in [0.15, 0.2) is 23.4 Å². The molecule has 0 aliphatic heterocycles. The highest BCUT2D eigenvalue weighted by molar-refractivity contribution is 7.99. The van der Waals surface area contributed by atoms with E-state index in [-0.39, 0.29) is 23.0 Å². The molecule has 1 amide bonds. The van der Waals surface area contributed by atoms with Gasteiger partial charge in [0.1, 0.15) is 11.5 Å². The fraction of sp³-hybridized carbons (Fsp3) is 0.471. The van der Waals surface area contributed by atoms with E-state index in [1.165, 1.54) is 49.2 Å². The Kier molecular flexibility index (Phi) is 6.33. The predicted molar refractivity (Wildman–Crippen MR) is 104 cm³/mol. The number of rotatable bonds is 6. The number of nitro groups is 1. The molecule has 27 heavy (non-hydrogen) atoms. The highest BCUT2D eigenvalue weighted by atomic mass is 35.5. The number of hydrogen-bond donors (Lipinski definition) is 1. The molecule has 1 aliphatic carbocycles. The maximum Gasteiger partial charge on any atom is 0.292 e. The number of anilines is 1. The number of thioether (sulfide) groups is 1. The van der Waals surface area contributed by atoms with Crippen LogP contribution >= 0.6 is 23.4 Å². The summed E-state index contributed by atoms with van der Waals surface area (Å²) in [6.45, 7) is 1.92. The van der Waals surface area contributed by atoms with Crippen molar-refractivity contribution in [3.63, 3.8) is 0 Å². The van der Waals surface area contributed by atoms with E-state index in [9.17, 15) is 14.9 Å². The number of carbonyl (C=O) groups excluding carboxylic acids is 1. The SMILES string of the molecule is Cc1nnc(SCC(=O)Nc2cc(Cl)ccc2[N+](=O)[O-])n1C1CCCCC1. The van der Waals surface area contributed by atoms with Crippen LogP contribution in [0.1, 0.15) is 44.0 Å². The Morgan fingerprint density at radius 2 is 2.11 bits per heavy atom. The molecule has 8 nitrogen and oxygen atoms in total. The Hall–Kier alpha value is -2.13. The second kappa shape index (κ2) is 8.71. The number of hydrogen-bond acceptors (Lipinski definition) is 6. The van der Waals surface area contributed by atoms with Crippen molar-refractivity contribution in [3.8, 4) is 0 Å². The fourth-order valence-electron chi connectivity index (χ4n) is 3.29. The molecule has 1 heterocycles. The monoisotopic (exact) mass is 409 g/mol. The molecule has 3 rings (SSSR count). The van der Waals surface area contributed by atoms with Crippen LogP contribution in [-0.4, -0.2) is 31.3 Å². The average Bonchev–Trinajstić information content (AvgIpc) is 3.01. The molecular weight excluding hydrogens is 390 g/mol. The number of halogens is 1. The summed E-state index contributed by atoms with van der Waals surface area (Å²) in [7, 11) is 0. The van der Waals surface area contributed by atoms with Crippen LogP contribution in [-0.2, 0) is 4.79 Å². The number of amides is 1. The van der Waals surface area contributed by atoms with Gasteiger partial charge in [-0.3, -0.25) is 14.9 Å². The molecule has 1 fully saturated rings. The lowest BCUT2D eigenvalue weighted by Gasteiger charge is -2.24. The van der Waals surface area contributed by atoms with Crippen LogP contribution in [0, 0.1) is 17.0 Å². The molecule has 1 aliphatic rings. The number of nitrogens with one attached hydrogen (secondary N) is 1. The molecule has 1 N–H and O–H groups in total. The quantitative estimate of drug-likeness (QED) is 0.431. The van der Waals surface area contributed by atoms with E-state index in [2.05, 4.69) is 20.1 Å². The highest BCUT2D eigenvalue weighted by Gasteiger charge is 2.22. The molecule has 1 aromatic carbocycles. The van der Waals surface area contributed by atoms with Gasteiger partial charge in [-0.05, 0) is 31.9 Å². The third kappa shape index (κ3) is 4.78. The highest BCUT2D eigenvalue weighted by Crippen LogP contribution is 2.33. The Labute approximate surface area is 165 Å². The number of aromatic nitrogens is 3.